The van der Waals surface area contributed by atoms with Crippen LogP contribution in [0.2, 0.25) is 0 Å². The average Bonchev–Trinajstić information content (AvgIpc) is 3.01. The van der Waals surface area contributed by atoms with Crippen molar-refractivity contribution < 1.29 is 9.21 Å². The highest BCUT2D eigenvalue weighted by Gasteiger charge is 2.14. The first-order chi connectivity index (χ1) is 10.1. The van der Waals surface area contributed by atoms with Crippen molar-refractivity contribution in [1.29, 1.82) is 0 Å². The fourth-order valence-electron chi connectivity index (χ4n) is 2.60. The molecule has 0 atom stereocenters. The number of benzene rings is 1. The van der Waals surface area contributed by atoms with Crippen LogP contribution in [0.1, 0.15) is 27.4 Å². The number of aromatic nitrogens is 1. The van der Waals surface area contributed by atoms with Crippen LogP contribution in [-0.2, 0) is 6.54 Å². The molecule has 5 nitrogen and oxygen atoms in total. The minimum atomic E-state index is -0.419. The Balaban J connectivity index is 1.99. The first kappa shape index (κ1) is 13.5. The van der Waals surface area contributed by atoms with Gasteiger partial charge in [-0.25, -0.2) is 5.84 Å². The molecule has 2 aromatic heterocycles. The molecule has 0 bridgehead atoms. The summed E-state index contributed by atoms with van der Waals surface area (Å²) < 4.78 is 7.61. The third-order valence-corrected chi connectivity index (χ3v) is 3.70. The van der Waals surface area contributed by atoms with Crippen molar-refractivity contribution in [2.75, 3.05) is 0 Å². The summed E-state index contributed by atoms with van der Waals surface area (Å²) in [7, 11) is 0. The van der Waals surface area contributed by atoms with Gasteiger partial charge >= 0.3 is 5.91 Å². The normalized spacial score (nSPS) is 11.0. The molecule has 1 amide bonds. The largest absolute Gasteiger partial charge is 0.456 e. The molecule has 0 aliphatic carbocycles. The Kier molecular flexibility index (Phi) is 3.27. The molecule has 0 saturated heterocycles. The van der Waals surface area contributed by atoms with Crippen LogP contribution < -0.4 is 11.3 Å². The summed E-state index contributed by atoms with van der Waals surface area (Å²) in [6.07, 6.45) is 2.11. The maximum Gasteiger partial charge on any atom is 0.300 e. The van der Waals surface area contributed by atoms with Crippen molar-refractivity contribution in [2.45, 2.75) is 20.4 Å². The second kappa shape index (κ2) is 5.10. The van der Waals surface area contributed by atoms with Crippen LogP contribution in [0.3, 0.4) is 0 Å². The van der Waals surface area contributed by atoms with Crippen molar-refractivity contribution in [2.24, 2.45) is 5.84 Å². The lowest BCUT2D eigenvalue weighted by atomic mass is 10.2. The molecule has 21 heavy (non-hydrogen) atoms. The van der Waals surface area contributed by atoms with E-state index in [1.165, 1.54) is 16.5 Å². The second-order valence-corrected chi connectivity index (χ2v) is 5.12. The van der Waals surface area contributed by atoms with Crippen LogP contribution in [-0.4, -0.2) is 10.5 Å². The van der Waals surface area contributed by atoms with E-state index in [9.17, 15) is 4.79 Å². The highest BCUT2D eigenvalue weighted by atomic mass is 16.4. The molecule has 1 aromatic carbocycles. The molecule has 3 N–H and O–H groups in total. The van der Waals surface area contributed by atoms with Crippen LogP contribution in [0.5, 0.6) is 0 Å². The second-order valence-electron chi connectivity index (χ2n) is 5.12. The number of fused-ring (bicyclic) bond motifs is 1. The maximum absolute atomic E-state index is 11.5. The van der Waals surface area contributed by atoms with E-state index in [0.29, 0.717) is 6.54 Å². The lowest BCUT2D eigenvalue weighted by Crippen LogP contribution is -2.29. The van der Waals surface area contributed by atoms with Crippen LogP contribution in [0, 0.1) is 13.8 Å². The van der Waals surface area contributed by atoms with E-state index >= 15 is 0 Å². The molecule has 3 rings (SSSR count). The Labute approximate surface area is 122 Å². The number of hydrogen-bond acceptors (Lipinski definition) is 3. The number of amides is 1. The SMILES string of the molecule is Cc1oc(C(=O)NN)cc1Cn1cc(C)c2ccccc21. The van der Waals surface area contributed by atoms with Gasteiger partial charge in [-0.2, -0.15) is 0 Å². The molecule has 3 aromatic rings. The summed E-state index contributed by atoms with van der Waals surface area (Å²) in [5, 5.41) is 1.23. The number of nitrogens with one attached hydrogen (secondary N) is 1. The van der Waals surface area contributed by atoms with Gasteiger partial charge in [0, 0.05) is 22.7 Å². The Morgan fingerprint density at radius 1 is 1.33 bits per heavy atom. The molecular formula is C16H17N3O2. The minimum absolute atomic E-state index is 0.234. The number of furan rings is 1. The summed E-state index contributed by atoms with van der Waals surface area (Å²) in [6.45, 7) is 4.59. The van der Waals surface area contributed by atoms with Crippen molar-refractivity contribution in [3.05, 3.63) is 59.2 Å². The lowest BCUT2D eigenvalue weighted by molar-refractivity contribution is 0.0924. The predicted molar refractivity (Wildman–Crippen MR) is 80.9 cm³/mol. The summed E-state index contributed by atoms with van der Waals surface area (Å²) in [5.41, 5.74) is 5.44. The van der Waals surface area contributed by atoms with E-state index in [1.54, 1.807) is 6.07 Å². The van der Waals surface area contributed by atoms with E-state index in [0.717, 1.165) is 11.3 Å². The van der Waals surface area contributed by atoms with E-state index in [2.05, 4.69) is 35.2 Å². The van der Waals surface area contributed by atoms with E-state index < -0.39 is 5.91 Å². The number of para-hydroxylation sites is 1. The number of nitrogen functional groups attached to an aromatic ring is 1. The fourth-order valence-corrected chi connectivity index (χ4v) is 2.60. The molecule has 0 radical (unpaired) electrons. The van der Waals surface area contributed by atoms with Crippen molar-refractivity contribution in [3.8, 4) is 0 Å². The zero-order valence-corrected chi connectivity index (χ0v) is 12.0. The lowest BCUT2D eigenvalue weighted by Gasteiger charge is -2.03. The molecular weight excluding hydrogens is 266 g/mol. The maximum atomic E-state index is 11.5. The van der Waals surface area contributed by atoms with E-state index in [1.807, 2.05) is 19.1 Å². The highest BCUT2D eigenvalue weighted by molar-refractivity contribution is 5.91. The number of aryl methyl sites for hydroxylation is 2. The van der Waals surface area contributed by atoms with Crippen LogP contribution in [0.15, 0.2) is 40.9 Å². The molecule has 108 valence electrons. The average molecular weight is 283 g/mol. The molecule has 0 spiro atoms. The number of carbonyl (C=O) groups excluding carboxylic acids is 1. The molecule has 0 aliphatic heterocycles. The number of carbonyl (C=O) groups is 1. The van der Waals surface area contributed by atoms with E-state index in [-0.39, 0.29) is 5.76 Å². The zero-order valence-electron chi connectivity index (χ0n) is 12.0. The highest BCUT2D eigenvalue weighted by Crippen LogP contribution is 2.23. The summed E-state index contributed by atoms with van der Waals surface area (Å²) in [6, 6.07) is 9.99. The Morgan fingerprint density at radius 3 is 2.86 bits per heavy atom. The Hall–Kier alpha value is -2.53. The van der Waals surface area contributed by atoms with Crippen LogP contribution >= 0.6 is 0 Å². The number of rotatable bonds is 3. The van der Waals surface area contributed by atoms with Crippen molar-refractivity contribution in [3.63, 3.8) is 0 Å². The third-order valence-electron chi connectivity index (χ3n) is 3.70. The number of hydrazine groups is 1. The van der Waals surface area contributed by atoms with Crippen LogP contribution in [0.4, 0.5) is 0 Å². The van der Waals surface area contributed by atoms with Crippen molar-refractivity contribution in [1.82, 2.24) is 9.99 Å². The standard InChI is InChI=1S/C16H17N3O2/c1-10-8-19(14-6-4-3-5-13(10)14)9-12-7-15(16(20)18-17)21-11(12)2/h3-8H,9,17H2,1-2H3,(H,18,20). The minimum Gasteiger partial charge on any atom is -0.456 e. The van der Waals surface area contributed by atoms with Gasteiger partial charge in [-0.15, -0.1) is 0 Å². The predicted octanol–water partition coefficient (Wildman–Crippen LogP) is 2.50. The molecule has 5 heteroatoms. The van der Waals surface area contributed by atoms with Gasteiger partial charge in [0.05, 0.1) is 6.54 Å². The summed E-state index contributed by atoms with van der Waals surface area (Å²) >= 11 is 0. The smallest absolute Gasteiger partial charge is 0.300 e. The molecule has 2 heterocycles. The van der Waals surface area contributed by atoms with Gasteiger partial charge in [-0.1, -0.05) is 18.2 Å². The third kappa shape index (κ3) is 2.32. The Morgan fingerprint density at radius 2 is 2.10 bits per heavy atom. The van der Waals surface area contributed by atoms with Gasteiger partial charge in [0.1, 0.15) is 5.76 Å². The van der Waals surface area contributed by atoms with Gasteiger partial charge < -0.3 is 8.98 Å². The zero-order chi connectivity index (χ0) is 15.0. The van der Waals surface area contributed by atoms with Crippen molar-refractivity contribution >= 4 is 16.8 Å². The summed E-state index contributed by atoms with van der Waals surface area (Å²) in [5.74, 6) is 5.67. The van der Waals surface area contributed by atoms with Gasteiger partial charge in [-0.05, 0) is 31.5 Å². The van der Waals surface area contributed by atoms with Crippen LogP contribution in [0.25, 0.3) is 10.9 Å². The first-order valence-corrected chi connectivity index (χ1v) is 6.75. The molecule has 0 fully saturated rings. The van der Waals surface area contributed by atoms with Gasteiger partial charge in [0.15, 0.2) is 5.76 Å². The first-order valence-electron chi connectivity index (χ1n) is 6.75. The monoisotopic (exact) mass is 283 g/mol. The van der Waals surface area contributed by atoms with Gasteiger partial charge in [0.25, 0.3) is 0 Å². The number of hydrogen-bond donors (Lipinski definition) is 2. The molecule has 0 aliphatic rings. The Bertz CT molecular complexity index is 814. The number of nitrogens with zero attached hydrogens (tertiary/aromatic N) is 1. The fraction of sp³-hybridized carbons (Fsp3) is 0.188. The molecule has 0 unspecified atom stereocenters. The molecule has 0 saturated carbocycles. The van der Waals surface area contributed by atoms with Gasteiger partial charge in [0.2, 0.25) is 0 Å². The topological polar surface area (TPSA) is 73.2 Å². The van der Waals surface area contributed by atoms with Gasteiger partial charge in [-0.3, -0.25) is 10.2 Å². The van der Waals surface area contributed by atoms with E-state index in [4.69, 9.17) is 10.3 Å². The summed E-state index contributed by atoms with van der Waals surface area (Å²) in [4.78, 5) is 11.5. The quantitative estimate of drug-likeness (QED) is 0.440. The number of nitrogens with two attached hydrogens (primary N) is 1.